The molecule has 13 nitrogen and oxygen atoms in total. The number of methoxy groups -OCH3 is 1. The average Bonchev–Trinajstić information content (AvgIpc) is 3.51. The maximum Gasteiger partial charge on any atom is 0.284 e. The van der Waals surface area contributed by atoms with Gasteiger partial charge in [-0.1, -0.05) is 12.1 Å². The smallest absolute Gasteiger partial charge is 0.284 e. The molecule has 53 heavy (non-hydrogen) atoms. The number of piperidine rings is 1. The van der Waals surface area contributed by atoms with Crippen molar-refractivity contribution in [1.29, 1.82) is 0 Å². The lowest BCUT2D eigenvalue weighted by Crippen LogP contribution is -2.39. The molecule has 7 rings (SSSR count). The Morgan fingerprint density at radius 1 is 0.962 bits per heavy atom. The molecular weight excluding hydrogens is 688 g/mol. The average molecular weight is 724 g/mol. The Morgan fingerprint density at radius 2 is 1.74 bits per heavy atom. The van der Waals surface area contributed by atoms with Gasteiger partial charge in [-0.15, -0.1) is 5.10 Å². The van der Waals surface area contributed by atoms with Crippen molar-refractivity contribution in [3.8, 4) is 28.8 Å². The van der Waals surface area contributed by atoms with Crippen molar-refractivity contribution in [3.05, 3.63) is 124 Å². The van der Waals surface area contributed by atoms with E-state index in [0.717, 1.165) is 48.0 Å². The second-order valence-corrected chi connectivity index (χ2v) is 12.3. The van der Waals surface area contributed by atoms with E-state index in [2.05, 4.69) is 20.3 Å². The van der Waals surface area contributed by atoms with Crippen LogP contribution in [0.2, 0.25) is 0 Å². The Bertz CT molecular complexity index is 2290. The maximum absolute atomic E-state index is 15.6. The summed E-state index contributed by atoms with van der Waals surface area (Å²) in [6.45, 7) is 2.58. The first kappa shape index (κ1) is 35.2. The van der Waals surface area contributed by atoms with Crippen molar-refractivity contribution in [2.45, 2.75) is 25.5 Å². The molecule has 0 saturated carbocycles. The van der Waals surface area contributed by atoms with Crippen molar-refractivity contribution in [2.24, 2.45) is 0 Å². The van der Waals surface area contributed by atoms with Crippen LogP contribution in [0.25, 0.3) is 16.7 Å². The van der Waals surface area contributed by atoms with Crippen LogP contribution < -0.4 is 25.1 Å². The second-order valence-electron chi connectivity index (χ2n) is 12.3. The number of fused-ring (bicyclic) bond motifs is 1. The lowest BCUT2D eigenvalue weighted by atomic mass is 10.1. The minimum atomic E-state index is -0.787. The molecule has 0 bridgehead atoms. The molecule has 3 aromatic carbocycles. The maximum atomic E-state index is 15.6. The van der Waals surface area contributed by atoms with Gasteiger partial charge in [-0.25, -0.2) is 18.4 Å². The van der Waals surface area contributed by atoms with E-state index in [9.17, 15) is 19.1 Å². The van der Waals surface area contributed by atoms with E-state index >= 15 is 4.39 Å². The molecule has 1 amide bonds. The Balaban J connectivity index is 1.14. The molecule has 1 saturated heterocycles. The van der Waals surface area contributed by atoms with Crippen LogP contribution in [0.1, 0.15) is 28.8 Å². The molecule has 0 spiro atoms. The molecule has 6 aromatic rings. The van der Waals surface area contributed by atoms with Gasteiger partial charge in [0.2, 0.25) is 5.88 Å². The molecule has 1 aliphatic rings. The van der Waals surface area contributed by atoms with Crippen LogP contribution in [-0.2, 0) is 6.54 Å². The van der Waals surface area contributed by atoms with E-state index < -0.39 is 23.1 Å². The van der Waals surface area contributed by atoms with Crippen LogP contribution in [-0.4, -0.2) is 79.9 Å². The quantitative estimate of drug-likeness (QED) is 0.173. The number of nitrogens with one attached hydrogen (secondary N) is 1. The van der Waals surface area contributed by atoms with Crippen LogP contribution in [0, 0.1) is 11.6 Å². The normalized spacial score (nSPS) is 13.6. The number of halogens is 2. The molecule has 0 atom stereocenters. The molecule has 272 valence electrons. The number of anilines is 1. The number of aromatic nitrogens is 5. The highest BCUT2D eigenvalue weighted by Crippen LogP contribution is 2.38. The largest absolute Gasteiger partial charge is 0.497 e. The number of nitrogens with zero attached hydrogens (tertiary/aromatic N) is 6. The summed E-state index contributed by atoms with van der Waals surface area (Å²) in [5.41, 5.74) is 0.777. The minimum absolute atomic E-state index is 0.0770. The summed E-state index contributed by atoms with van der Waals surface area (Å²) in [6.07, 6.45) is 4.12. The van der Waals surface area contributed by atoms with Gasteiger partial charge < -0.3 is 29.5 Å². The van der Waals surface area contributed by atoms with E-state index in [1.165, 1.54) is 48.7 Å². The summed E-state index contributed by atoms with van der Waals surface area (Å²) in [6, 6.07) is 19.4. The fourth-order valence-electron chi connectivity index (χ4n) is 6.10. The monoisotopic (exact) mass is 723 g/mol. The topological polar surface area (TPSA) is 146 Å². The fourth-order valence-corrected chi connectivity index (χ4v) is 6.10. The zero-order valence-corrected chi connectivity index (χ0v) is 28.6. The first-order chi connectivity index (χ1) is 25.8. The molecule has 4 heterocycles. The van der Waals surface area contributed by atoms with Crippen molar-refractivity contribution < 1.29 is 32.9 Å². The summed E-state index contributed by atoms with van der Waals surface area (Å²) >= 11 is 0. The highest BCUT2D eigenvalue weighted by molar-refractivity contribution is 6.04. The molecule has 1 aliphatic heterocycles. The van der Waals surface area contributed by atoms with Crippen molar-refractivity contribution in [1.82, 2.24) is 29.4 Å². The van der Waals surface area contributed by atoms with E-state index in [4.69, 9.17) is 19.3 Å². The number of rotatable bonds is 12. The molecule has 0 unspecified atom stereocenters. The van der Waals surface area contributed by atoms with Crippen molar-refractivity contribution >= 4 is 22.6 Å². The van der Waals surface area contributed by atoms with Gasteiger partial charge >= 0.3 is 0 Å². The number of carbonyl (C=O) groups excluding carboxylic acids is 1. The van der Waals surface area contributed by atoms with Crippen LogP contribution in [0.3, 0.4) is 0 Å². The number of benzene rings is 3. The lowest BCUT2D eigenvalue weighted by molar-refractivity contribution is 0.0862. The molecule has 0 radical (unpaired) electrons. The third-order valence-corrected chi connectivity index (χ3v) is 8.85. The zero-order chi connectivity index (χ0) is 36.9. The van der Waals surface area contributed by atoms with Crippen molar-refractivity contribution in [2.75, 3.05) is 38.7 Å². The van der Waals surface area contributed by atoms with Gasteiger partial charge in [0.1, 0.15) is 34.4 Å². The van der Waals surface area contributed by atoms with E-state index in [0.29, 0.717) is 30.0 Å². The molecule has 0 aliphatic carbocycles. The number of hydrogen-bond donors (Lipinski definition) is 2. The minimum Gasteiger partial charge on any atom is -0.497 e. The van der Waals surface area contributed by atoms with Gasteiger partial charge in [-0.3, -0.25) is 9.59 Å². The predicted octanol–water partition coefficient (Wildman–Crippen LogP) is 5.19. The lowest BCUT2D eigenvalue weighted by Gasteiger charge is -2.31. The third kappa shape index (κ3) is 7.85. The van der Waals surface area contributed by atoms with Gasteiger partial charge in [-0.2, -0.15) is 9.78 Å². The molecule has 3 aromatic heterocycles. The van der Waals surface area contributed by atoms with Gasteiger partial charge in [0.05, 0.1) is 25.9 Å². The highest BCUT2D eigenvalue weighted by atomic mass is 19.1. The van der Waals surface area contributed by atoms with Gasteiger partial charge in [0.15, 0.2) is 17.2 Å². The number of pyridine rings is 1. The number of amides is 1. The number of β-amino-alcohol motifs (C(OH)–C–C–N with tert-alkyl or cyclic N) is 1. The van der Waals surface area contributed by atoms with E-state index in [-0.39, 0.29) is 41.1 Å². The number of hydrogen-bond acceptors (Lipinski definition) is 10. The summed E-state index contributed by atoms with van der Waals surface area (Å²) in [5.74, 6) is -0.911. The second kappa shape index (κ2) is 15.6. The fraction of sp³-hybridized carbons (Fsp3) is 0.237. The van der Waals surface area contributed by atoms with Crippen LogP contribution in [0.5, 0.6) is 23.1 Å². The van der Waals surface area contributed by atoms with E-state index in [1.807, 2.05) is 24.3 Å². The summed E-state index contributed by atoms with van der Waals surface area (Å²) in [4.78, 5) is 32.9. The number of carbonyl (C=O) groups is 1. The number of likely N-dealkylation sites (tertiary alicyclic amines) is 1. The van der Waals surface area contributed by atoms with Gasteiger partial charge in [-0.05, 0) is 73.0 Å². The predicted molar refractivity (Wildman–Crippen MR) is 191 cm³/mol. The third-order valence-electron chi connectivity index (χ3n) is 8.85. The van der Waals surface area contributed by atoms with E-state index in [1.54, 1.807) is 24.1 Å². The first-order valence-electron chi connectivity index (χ1n) is 16.9. The number of aliphatic hydroxyl groups excluding tert-OH is 1. The molecular formula is C38H35F2N7O6. The Hall–Kier alpha value is -6.19. The molecule has 1 fully saturated rings. The van der Waals surface area contributed by atoms with Crippen molar-refractivity contribution in [3.63, 3.8) is 0 Å². The van der Waals surface area contributed by atoms with Gasteiger partial charge in [0.25, 0.3) is 11.5 Å². The van der Waals surface area contributed by atoms with Gasteiger partial charge in [0, 0.05) is 49.8 Å². The number of ether oxygens (including phenoxy) is 3. The number of aliphatic hydroxyl groups is 1. The summed E-state index contributed by atoms with van der Waals surface area (Å²) < 4.78 is 49.6. The Labute approximate surface area is 302 Å². The molecule has 2 N–H and O–H groups in total. The Kier molecular flexibility index (Phi) is 10.4. The molecule has 15 heteroatoms. The zero-order valence-electron chi connectivity index (χ0n) is 28.6. The van der Waals surface area contributed by atoms with Crippen LogP contribution in [0.15, 0.2) is 96.1 Å². The van der Waals surface area contributed by atoms with Crippen LogP contribution >= 0.6 is 0 Å². The summed E-state index contributed by atoms with van der Waals surface area (Å²) in [7, 11) is 1.60. The highest BCUT2D eigenvalue weighted by Gasteiger charge is 2.26. The first-order valence-corrected chi connectivity index (χ1v) is 16.9. The standard InChI is InChI=1S/C38H35F2N7O6/c1-51-28-9-2-24(3-10-28)23-46-35-34(37(44-46)52-29-14-18-45(19-15-29)20-21-48)33(13-16-41-35)53-32-11-6-26(22-31(32)40)43-36(49)30-12-17-42-47(38(30)50)27-7-4-25(39)5-8-27/h2-13,16-17,22,29,48H,14-15,18-21,23H2,1H3,(H,43,49). The SMILES string of the molecule is COc1ccc(Cn2nc(OC3CCN(CCO)CC3)c3c(Oc4ccc(NC(=O)c5ccnn(-c6ccc(F)cc6)c5=O)cc4F)ccnc32)cc1. The summed E-state index contributed by atoms with van der Waals surface area (Å²) in [5, 5.41) is 21.1. The van der Waals surface area contributed by atoms with Crippen LogP contribution in [0.4, 0.5) is 14.5 Å². The Morgan fingerprint density at radius 3 is 2.45 bits per heavy atom.